The van der Waals surface area contributed by atoms with E-state index < -0.39 is 10.0 Å². The first kappa shape index (κ1) is 11.1. The number of anilines is 1. The highest BCUT2D eigenvalue weighted by molar-refractivity contribution is 7.94. The van der Waals surface area contributed by atoms with Crippen molar-refractivity contribution in [2.75, 3.05) is 4.72 Å². The number of thiophene rings is 1. The minimum atomic E-state index is -3.58. The molecule has 0 atom stereocenters. The molecule has 0 aliphatic carbocycles. The van der Waals surface area contributed by atoms with E-state index in [4.69, 9.17) is 4.52 Å². The number of nitrogens with zero attached hydrogens (tertiary/aromatic N) is 2. The number of aryl methyl sites for hydroxylation is 1. The lowest BCUT2D eigenvalue weighted by molar-refractivity contribution is 0.383. The summed E-state index contributed by atoms with van der Waals surface area (Å²) in [6, 6.07) is 3.17. The fraction of sp³-hybridized carbons (Fsp3) is 0.250. The Morgan fingerprint density at radius 3 is 2.94 bits per heavy atom. The lowest BCUT2D eigenvalue weighted by Gasteiger charge is -1.99. The highest BCUT2D eigenvalue weighted by atomic mass is 32.2. The van der Waals surface area contributed by atoms with Crippen molar-refractivity contribution in [2.45, 2.75) is 17.6 Å². The van der Waals surface area contributed by atoms with Crippen LogP contribution in [0.1, 0.15) is 12.8 Å². The molecule has 0 amide bonds. The van der Waals surface area contributed by atoms with E-state index in [1.165, 1.54) is 6.07 Å². The van der Waals surface area contributed by atoms with Crippen LogP contribution in [0, 0.1) is 0 Å². The van der Waals surface area contributed by atoms with Crippen LogP contribution in [0.15, 0.2) is 26.2 Å². The first-order valence-corrected chi connectivity index (χ1v) is 6.87. The largest absolute Gasteiger partial charge is 0.337 e. The van der Waals surface area contributed by atoms with Gasteiger partial charge in [0.05, 0.1) is 0 Å². The summed E-state index contributed by atoms with van der Waals surface area (Å²) in [7, 11) is -3.58. The zero-order chi connectivity index (χ0) is 11.6. The standard InChI is InChI=1S/C8H9N3O3S2/c1-2-6-9-8(10-14-6)11-16(12,13)7-4-3-5-15-7/h3-5H,2H2,1H3,(H,10,11). The molecule has 0 bridgehead atoms. The van der Waals surface area contributed by atoms with Crippen LogP contribution in [-0.2, 0) is 16.4 Å². The van der Waals surface area contributed by atoms with Crippen molar-refractivity contribution in [3.05, 3.63) is 23.4 Å². The van der Waals surface area contributed by atoms with Crippen LogP contribution in [0.5, 0.6) is 0 Å². The van der Waals surface area contributed by atoms with Crippen molar-refractivity contribution in [3.8, 4) is 0 Å². The SMILES string of the molecule is CCc1nc(NS(=O)(=O)c2cccs2)no1. The van der Waals surface area contributed by atoms with Gasteiger partial charge in [-0.3, -0.25) is 0 Å². The Balaban J connectivity index is 2.21. The molecule has 0 radical (unpaired) electrons. The van der Waals surface area contributed by atoms with Gasteiger partial charge in [-0.05, 0) is 16.6 Å². The van der Waals surface area contributed by atoms with Gasteiger partial charge in [-0.15, -0.1) is 11.3 Å². The van der Waals surface area contributed by atoms with Crippen LogP contribution in [0.25, 0.3) is 0 Å². The smallest absolute Gasteiger partial charge is 0.277 e. The summed E-state index contributed by atoms with van der Waals surface area (Å²) < 4.78 is 30.7. The average molecular weight is 259 g/mol. The molecule has 2 heterocycles. The summed E-state index contributed by atoms with van der Waals surface area (Å²) >= 11 is 1.13. The van der Waals surface area contributed by atoms with Crippen molar-refractivity contribution in [3.63, 3.8) is 0 Å². The zero-order valence-corrected chi connectivity index (χ0v) is 10.0. The summed E-state index contributed by atoms with van der Waals surface area (Å²) in [5.41, 5.74) is 0. The molecule has 0 aliphatic heterocycles. The normalized spacial score (nSPS) is 11.6. The maximum Gasteiger partial charge on any atom is 0.277 e. The maximum atomic E-state index is 11.7. The molecule has 2 rings (SSSR count). The van der Waals surface area contributed by atoms with Crippen molar-refractivity contribution in [2.24, 2.45) is 0 Å². The third kappa shape index (κ3) is 2.22. The predicted octanol–water partition coefficient (Wildman–Crippen LogP) is 1.49. The van der Waals surface area contributed by atoms with E-state index in [0.29, 0.717) is 12.3 Å². The van der Waals surface area contributed by atoms with Crippen molar-refractivity contribution in [1.82, 2.24) is 10.1 Å². The van der Waals surface area contributed by atoms with Crippen molar-refractivity contribution in [1.29, 1.82) is 0 Å². The fourth-order valence-corrected chi connectivity index (χ4v) is 2.96. The molecule has 2 aromatic rings. The molecule has 8 heteroatoms. The summed E-state index contributed by atoms with van der Waals surface area (Å²) in [6.07, 6.45) is 0.563. The van der Waals surface area contributed by atoms with Crippen molar-refractivity contribution >= 4 is 27.3 Å². The second-order valence-corrected chi connectivity index (χ2v) is 5.76. The van der Waals surface area contributed by atoms with Gasteiger partial charge in [-0.2, -0.15) is 4.98 Å². The van der Waals surface area contributed by atoms with E-state index in [9.17, 15) is 8.42 Å². The molecule has 16 heavy (non-hydrogen) atoms. The molecule has 2 aromatic heterocycles. The highest BCUT2D eigenvalue weighted by Gasteiger charge is 2.18. The van der Waals surface area contributed by atoms with E-state index >= 15 is 0 Å². The molecule has 0 unspecified atom stereocenters. The lowest BCUT2D eigenvalue weighted by atomic mass is 10.5. The Bertz CT molecular complexity index is 559. The number of rotatable bonds is 4. The first-order valence-electron chi connectivity index (χ1n) is 4.50. The molecule has 6 nitrogen and oxygen atoms in total. The number of hydrogen-bond acceptors (Lipinski definition) is 6. The summed E-state index contributed by atoms with van der Waals surface area (Å²) in [5.74, 6) is 0.356. The quantitative estimate of drug-likeness (QED) is 0.899. The molecule has 0 fully saturated rings. The predicted molar refractivity (Wildman–Crippen MR) is 58.8 cm³/mol. The average Bonchev–Trinajstić information content (AvgIpc) is 2.86. The Morgan fingerprint density at radius 1 is 1.56 bits per heavy atom. The van der Waals surface area contributed by atoms with Gasteiger partial charge < -0.3 is 4.52 Å². The van der Waals surface area contributed by atoms with Crippen molar-refractivity contribution < 1.29 is 12.9 Å². The third-order valence-corrected chi connectivity index (χ3v) is 4.48. The Labute approximate surface area is 96.4 Å². The second-order valence-electron chi connectivity index (χ2n) is 2.90. The number of aromatic nitrogens is 2. The Hall–Kier alpha value is -1.41. The minimum Gasteiger partial charge on any atom is -0.337 e. The molecular formula is C8H9N3O3S2. The molecular weight excluding hydrogens is 250 g/mol. The molecule has 0 aliphatic rings. The van der Waals surface area contributed by atoms with Crippen LogP contribution in [-0.4, -0.2) is 18.6 Å². The number of sulfonamides is 1. The zero-order valence-electron chi connectivity index (χ0n) is 8.37. The van der Waals surface area contributed by atoms with Crippen LogP contribution >= 0.6 is 11.3 Å². The summed E-state index contributed by atoms with van der Waals surface area (Å²) in [4.78, 5) is 3.86. The monoisotopic (exact) mass is 259 g/mol. The second kappa shape index (κ2) is 4.22. The van der Waals surface area contributed by atoms with Crippen LogP contribution in [0.2, 0.25) is 0 Å². The van der Waals surface area contributed by atoms with E-state index in [0.717, 1.165) is 11.3 Å². The fourth-order valence-electron chi connectivity index (χ4n) is 1.03. The number of nitrogens with one attached hydrogen (secondary N) is 1. The van der Waals surface area contributed by atoms with Gasteiger partial charge in [0.1, 0.15) is 4.21 Å². The molecule has 1 N–H and O–H groups in total. The van der Waals surface area contributed by atoms with Gasteiger partial charge in [0, 0.05) is 6.42 Å². The molecule has 0 saturated heterocycles. The van der Waals surface area contributed by atoms with Crippen LogP contribution < -0.4 is 4.72 Å². The van der Waals surface area contributed by atoms with E-state index in [1.807, 2.05) is 6.92 Å². The third-order valence-electron chi connectivity index (χ3n) is 1.76. The van der Waals surface area contributed by atoms with Gasteiger partial charge in [0.15, 0.2) is 0 Å². The van der Waals surface area contributed by atoms with Gasteiger partial charge in [-0.1, -0.05) is 13.0 Å². The number of hydrogen-bond donors (Lipinski definition) is 1. The van der Waals surface area contributed by atoms with Gasteiger partial charge in [0.25, 0.3) is 16.0 Å². The lowest BCUT2D eigenvalue weighted by Crippen LogP contribution is -2.12. The van der Waals surface area contributed by atoms with Crippen LogP contribution in [0.3, 0.4) is 0 Å². The minimum absolute atomic E-state index is 0.0368. The molecule has 0 saturated carbocycles. The Kier molecular flexibility index (Phi) is 2.92. The summed E-state index contributed by atoms with van der Waals surface area (Å²) in [5, 5.41) is 5.19. The summed E-state index contributed by atoms with van der Waals surface area (Å²) in [6.45, 7) is 1.84. The molecule has 0 aromatic carbocycles. The molecule has 86 valence electrons. The first-order chi connectivity index (χ1) is 7.62. The van der Waals surface area contributed by atoms with Gasteiger partial charge in [-0.25, -0.2) is 13.1 Å². The van der Waals surface area contributed by atoms with Gasteiger partial charge >= 0.3 is 0 Å². The van der Waals surface area contributed by atoms with Crippen LogP contribution in [0.4, 0.5) is 5.95 Å². The maximum absolute atomic E-state index is 11.7. The van der Waals surface area contributed by atoms with E-state index in [-0.39, 0.29) is 10.2 Å². The highest BCUT2D eigenvalue weighted by Crippen LogP contribution is 2.18. The Morgan fingerprint density at radius 2 is 2.38 bits per heavy atom. The van der Waals surface area contributed by atoms with E-state index in [2.05, 4.69) is 14.9 Å². The topological polar surface area (TPSA) is 85.1 Å². The van der Waals surface area contributed by atoms with Gasteiger partial charge in [0.2, 0.25) is 5.89 Å². The van der Waals surface area contributed by atoms with E-state index in [1.54, 1.807) is 11.4 Å². The molecule has 0 spiro atoms.